The van der Waals surface area contributed by atoms with Crippen LogP contribution in [-0.4, -0.2) is 60.0 Å². The van der Waals surface area contributed by atoms with Gasteiger partial charge in [0, 0.05) is 18.4 Å². The van der Waals surface area contributed by atoms with E-state index in [-0.39, 0.29) is 12.0 Å². The maximum absolute atomic E-state index is 12.6. The van der Waals surface area contributed by atoms with Gasteiger partial charge in [0.05, 0.1) is 19.7 Å². The number of rotatable bonds is 3. The first-order valence-corrected chi connectivity index (χ1v) is 8.76. The van der Waals surface area contributed by atoms with E-state index in [0.29, 0.717) is 26.2 Å². The maximum Gasteiger partial charge on any atom is 0.236 e. The number of hydrogen-bond donors (Lipinski definition) is 0. The third-order valence-electron chi connectivity index (χ3n) is 4.77. The Morgan fingerprint density at radius 1 is 1.26 bits per heavy atom. The molecule has 0 spiro atoms. The van der Waals surface area contributed by atoms with E-state index in [1.54, 1.807) is 0 Å². The smallest absolute Gasteiger partial charge is 0.236 e. The van der Waals surface area contributed by atoms with Crippen LogP contribution in [0.5, 0.6) is 0 Å². The molecule has 2 saturated heterocycles. The average Bonchev–Trinajstić information content (AvgIpc) is 2.84. The van der Waals surface area contributed by atoms with E-state index in [9.17, 15) is 4.79 Å². The molecule has 0 radical (unpaired) electrons. The Labute approximate surface area is 138 Å². The van der Waals surface area contributed by atoms with Crippen molar-refractivity contribution in [3.05, 3.63) is 29.6 Å². The molecule has 2 aliphatic heterocycles. The molecule has 1 aromatic rings. The van der Waals surface area contributed by atoms with Crippen LogP contribution in [0, 0.1) is 6.92 Å². The van der Waals surface area contributed by atoms with Crippen LogP contribution in [0.4, 0.5) is 0 Å². The van der Waals surface area contributed by atoms with Crippen molar-refractivity contribution in [1.82, 2.24) is 14.8 Å². The molecule has 0 aliphatic carbocycles. The summed E-state index contributed by atoms with van der Waals surface area (Å²) in [4.78, 5) is 21.2. The summed E-state index contributed by atoms with van der Waals surface area (Å²) in [6, 6.07) is 4.04. The molecule has 0 saturated carbocycles. The lowest BCUT2D eigenvalue weighted by atomic mass is 10.1. The van der Waals surface area contributed by atoms with Crippen LogP contribution in [0.1, 0.15) is 43.0 Å². The summed E-state index contributed by atoms with van der Waals surface area (Å²) in [6.45, 7) is 6.62. The first kappa shape index (κ1) is 16.4. The maximum atomic E-state index is 12.6. The molecule has 2 aliphatic rings. The predicted octanol–water partition coefficient (Wildman–Crippen LogP) is 2.17. The van der Waals surface area contributed by atoms with Gasteiger partial charge in [-0.2, -0.15) is 0 Å². The fourth-order valence-corrected chi connectivity index (χ4v) is 3.43. The van der Waals surface area contributed by atoms with E-state index >= 15 is 0 Å². The van der Waals surface area contributed by atoms with Crippen molar-refractivity contribution in [2.75, 3.05) is 39.3 Å². The molecule has 1 atom stereocenters. The summed E-state index contributed by atoms with van der Waals surface area (Å²) in [5.74, 6) is 0.242. The Balaban J connectivity index is 1.58. The summed E-state index contributed by atoms with van der Waals surface area (Å²) in [7, 11) is 0. The van der Waals surface area contributed by atoms with Gasteiger partial charge in [0.1, 0.15) is 6.10 Å². The van der Waals surface area contributed by atoms with Crippen LogP contribution in [0.25, 0.3) is 0 Å². The van der Waals surface area contributed by atoms with Gasteiger partial charge in [0.2, 0.25) is 5.91 Å². The van der Waals surface area contributed by atoms with Gasteiger partial charge < -0.3 is 9.64 Å². The average molecular weight is 317 g/mol. The quantitative estimate of drug-likeness (QED) is 0.857. The third-order valence-corrected chi connectivity index (χ3v) is 4.77. The van der Waals surface area contributed by atoms with Gasteiger partial charge in [0.25, 0.3) is 0 Å². The second-order valence-corrected chi connectivity index (χ2v) is 6.62. The lowest BCUT2D eigenvalue weighted by molar-refractivity contribution is -0.140. The molecule has 0 bridgehead atoms. The number of amides is 1. The number of aromatic nitrogens is 1. The zero-order chi connectivity index (χ0) is 16.1. The van der Waals surface area contributed by atoms with E-state index in [0.717, 1.165) is 24.3 Å². The van der Waals surface area contributed by atoms with Gasteiger partial charge in [-0.05, 0) is 50.6 Å². The van der Waals surface area contributed by atoms with Crippen LogP contribution in [0.15, 0.2) is 18.3 Å². The Morgan fingerprint density at radius 2 is 2.04 bits per heavy atom. The van der Waals surface area contributed by atoms with Crippen molar-refractivity contribution in [1.29, 1.82) is 0 Å². The lowest BCUT2D eigenvalue weighted by Gasteiger charge is -2.34. The van der Waals surface area contributed by atoms with Crippen LogP contribution in [-0.2, 0) is 9.53 Å². The van der Waals surface area contributed by atoms with Gasteiger partial charge in [-0.1, -0.05) is 12.8 Å². The molecule has 5 heteroatoms. The Bertz CT molecular complexity index is 527. The highest BCUT2D eigenvalue weighted by molar-refractivity contribution is 5.78. The number of morpholine rings is 1. The van der Waals surface area contributed by atoms with Gasteiger partial charge in [-0.15, -0.1) is 0 Å². The first-order chi connectivity index (χ1) is 11.2. The number of aryl methyl sites for hydroxylation is 1. The largest absolute Gasteiger partial charge is 0.370 e. The summed E-state index contributed by atoms with van der Waals surface area (Å²) in [5.41, 5.74) is 2.10. The minimum Gasteiger partial charge on any atom is -0.370 e. The molecule has 0 N–H and O–H groups in total. The number of pyridine rings is 1. The molecule has 0 aromatic carbocycles. The van der Waals surface area contributed by atoms with Crippen LogP contribution in [0.3, 0.4) is 0 Å². The van der Waals surface area contributed by atoms with Crippen molar-refractivity contribution in [3.63, 3.8) is 0 Å². The van der Waals surface area contributed by atoms with Crippen molar-refractivity contribution < 1.29 is 9.53 Å². The summed E-state index contributed by atoms with van der Waals surface area (Å²) < 4.78 is 5.87. The Hall–Kier alpha value is -1.46. The molecule has 1 aromatic heterocycles. The normalized spacial score (nSPS) is 23.5. The number of likely N-dealkylation sites (tertiary alicyclic amines) is 1. The molecule has 2 fully saturated rings. The van der Waals surface area contributed by atoms with Crippen molar-refractivity contribution in [2.24, 2.45) is 0 Å². The van der Waals surface area contributed by atoms with Crippen LogP contribution >= 0.6 is 0 Å². The minimum atomic E-state index is -0.0291. The van der Waals surface area contributed by atoms with Crippen LogP contribution < -0.4 is 0 Å². The van der Waals surface area contributed by atoms with Crippen molar-refractivity contribution in [3.8, 4) is 0 Å². The number of carbonyl (C=O) groups is 1. The molecular weight excluding hydrogens is 290 g/mol. The summed E-state index contributed by atoms with van der Waals surface area (Å²) in [6.07, 6.45) is 6.81. The molecule has 23 heavy (non-hydrogen) atoms. The van der Waals surface area contributed by atoms with Gasteiger partial charge in [-0.25, -0.2) is 0 Å². The molecule has 126 valence electrons. The molecule has 1 amide bonds. The number of ether oxygens (including phenoxy) is 1. The minimum absolute atomic E-state index is 0.0291. The number of nitrogens with zero attached hydrogens (tertiary/aromatic N) is 3. The second kappa shape index (κ2) is 7.88. The topological polar surface area (TPSA) is 45.7 Å². The van der Waals surface area contributed by atoms with Gasteiger partial charge in [0.15, 0.2) is 0 Å². The van der Waals surface area contributed by atoms with Crippen molar-refractivity contribution >= 4 is 5.91 Å². The molecule has 3 rings (SSSR count). The molecule has 1 unspecified atom stereocenters. The second-order valence-electron chi connectivity index (χ2n) is 6.62. The monoisotopic (exact) mass is 317 g/mol. The Kier molecular flexibility index (Phi) is 5.62. The fourth-order valence-electron chi connectivity index (χ4n) is 3.43. The van der Waals surface area contributed by atoms with E-state index in [2.05, 4.69) is 9.88 Å². The number of hydrogen-bond acceptors (Lipinski definition) is 4. The SMILES string of the molecule is Cc1cc(C2CN(C(=O)CN3CCCCCC3)CCO2)ccn1. The third kappa shape index (κ3) is 4.52. The lowest BCUT2D eigenvalue weighted by Crippen LogP contribution is -2.46. The molecule has 5 nitrogen and oxygen atoms in total. The van der Waals surface area contributed by atoms with Gasteiger partial charge in [-0.3, -0.25) is 14.7 Å². The number of carbonyl (C=O) groups excluding carboxylic acids is 1. The molecule has 3 heterocycles. The Morgan fingerprint density at radius 3 is 2.78 bits per heavy atom. The predicted molar refractivity (Wildman–Crippen MR) is 89.2 cm³/mol. The van der Waals surface area contributed by atoms with E-state index in [1.165, 1.54) is 25.7 Å². The highest BCUT2D eigenvalue weighted by Gasteiger charge is 2.26. The van der Waals surface area contributed by atoms with E-state index in [1.807, 2.05) is 30.2 Å². The highest BCUT2D eigenvalue weighted by Crippen LogP contribution is 2.22. The zero-order valence-electron chi connectivity index (χ0n) is 14.0. The van der Waals surface area contributed by atoms with Crippen LogP contribution in [0.2, 0.25) is 0 Å². The standard InChI is InChI=1S/C18H27N3O2/c1-15-12-16(6-7-19-15)17-13-21(10-11-23-17)18(22)14-20-8-4-2-3-5-9-20/h6-7,12,17H,2-5,8-11,13-14H2,1H3. The first-order valence-electron chi connectivity index (χ1n) is 8.76. The fraction of sp³-hybridized carbons (Fsp3) is 0.667. The van der Waals surface area contributed by atoms with Gasteiger partial charge >= 0.3 is 0 Å². The zero-order valence-corrected chi connectivity index (χ0v) is 14.0. The highest BCUT2D eigenvalue weighted by atomic mass is 16.5. The summed E-state index contributed by atoms with van der Waals surface area (Å²) >= 11 is 0. The molecular formula is C18H27N3O2. The van der Waals surface area contributed by atoms with Crippen molar-refractivity contribution in [2.45, 2.75) is 38.7 Å². The van der Waals surface area contributed by atoms with E-state index in [4.69, 9.17) is 4.74 Å². The summed E-state index contributed by atoms with van der Waals surface area (Å²) in [5, 5.41) is 0. The van der Waals surface area contributed by atoms with E-state index < -0.39 is 0 Å².